The molecular formula is C19H24N4O. The lowest BCUT2D eigenvalue weighted by Crippen LogP contribution is -2.34. The van der Waals surface area contributed by atoms with Crippen LogP contribution in [0, 0.1) is 25.7 Å². The number of aromatic nitrogens is 2. The highest BCUT2D eigenvalue weighted by molar-refractivity contribution is 5.96. The summed E-state index contributed by atoms with van der Waals surface area (Å²) in [5, 5.41) is 4.60. The maximum atomic E-state index is 13.1. The Kier molecular flexibility index (Phi) is 3.68. The quantitative estimate of drug-likeness (QED) is 0.922. The number of rotatable bonds is 2. The van der Waals surface area contributed by atoms with Crippen molar-refractivity contribution >= 4 is 5.91 Å². The summed E-state index contributed by atoms with van der Waals surface area (Å²) in [5.41, 5.74) is 9.63. The van der Waals surface area contributed by atoms with Gasteiger partial charge in [-0.05, 0) is 50.7 Å². The van der Waals surface area contributed by atoms with Crippen LogP contribution in [0.2, 0.25) is 0 Å². The molecule has 2 N–H and O–H groups in total. The molecule has 1 saturated carbocycles. The molecule has 3 unspecified atom stereocenters. The van der Waals surface area contributed by atoms with Gasteiger partial charge in [-0.1, -0.05) is 18.2 Å². The third-order valence-corrected chi connectivity index (χ3v) is 5.71. The smallest absolute Gasteiger partial charge is 0.257 e. The molecule has 2 fully saturated rings. The van der Waals surface area contributed by atoms with E-state index < -0.39 is 0 Å². The van der Waals surface area contributed by atoms with Crippen LogP contribution in [0.5, 0.6) is 0 Å². The minimum absolute atomic E-state index is 0.105. The van der Waals surface area contributed by atoms with Crippen LogP contribution >= 0.6 is 0 Å². The number of carbonyl (C=O) groups excluding carboxylic acids is 1. The van der Waals surface area contributed by atoms with Crippen LogP contribution in [-0.2, 0) is 0 Å². The van der Waals surface area contributed by atoms with Gasteiger partial charge >= 0.3 is 0 Å². The van der Waals surface area contributed by atoms with Crippen molar-refractivity contribution in [1.29, 1.82) is 0 Å². The highest BCUT2D eigenvalue weighted by atomic mass is 16.2. The summed E-state index contributed by atoms with van der Waals surface area (Å²) < 4.78 is 1.87. The Balaban J connectivity index is 1.63. The first-order valence-corrected chi connectivity index (χ1v) is 8.72. The van der Waals surface area contributed by atoms with Crippen molar-refractivity contribution in [2.45, 2.75) is 32.7 Å². The Hall–Kier alpha value is -2.14. The number of carbonyl (C=O) groups is 1. The van der Waals surface area contributed by atoms with Gasteiger partial charge in [-0.3, -0.25) is 4.79 Å². The minimum atomic E-state index is 0.105. The molecule has 1 aliphatic heterocycles. The van der Waals surface area contributed by atoms with E-state index in [0.717, 1.165) is 48.6 Å². The SMILES string of the molecule is Cc1nn(-c2ccccc2)c(C)c1C(=O)N1CC2CCC(N)C2C1. The second-order valence-corrected chi connectivity index (χ2v) is 7.17. The fourth-order valence-electron chi connectivity index (χ4n) is 4.40. The van der Waals surface area contributed by atoms with Crippen molar-refractivity contribution in [1.82, 2.24) is 14.7 Å². The number of fused-ring (bicyclic) bond motifs is 1. The molecule has 1 aliphatic carbocycles. The van der Waals surface area contributed by atoms with Crippen molar-refractivity contribution in [2.24, 2.45) is 17.6 Å². The fraction of sp³-hybridized carbons (Fsp3) is 0.474. The van der Waals surface area contributed by atoms with Gasteiger partial charge < -0.3 is 10.6 Å². The Morgan fingerprint density at radius 2 is 1.92 bits per heavy atom. The van der Waals surface area contributed by atoms with Crippen LogP contribution < -0.4 is 5.73 Å². The monoisotopic (exact) mass is 324 g/mol. The Bertz CT molecular complexity index is 767. The zero-order chi connectivity index (χ0) is 16.8. The normalized spacial score (nSPS) is 26.0. The van der Waals surface area contributed by atoms with Gasteiger partial charge in [0.25, 0.3) is 5.91 Å². The van der Waals surface area contributed by atoms with Gasteiger partial charge in [0.05, 0.1) is 22.6 Å². The van der Waals surface area contributed by atoms with Crippen LogP contribution in [0.25, 0.3) is 5.69 Å². The summed E-state index contributed by atoms with van der Waals surface area (Å²) in [6.45, 7) is 5.53. The lowest BCUT2D eigenvalue weighted by Gasteiger charge is -2.19. The molecule has 5 nitrogen and oxygen atoms in total. The van der Waals surface area contributed by atoms with Gasteiger partial charge in [0.1, 0.15) is 0 Å². The molecule has 1 aromatic heterocycles. The Morgan fingerprint density at radius 1 is 1.17 bits per heavy atom. The molecule has 2 aliphatic rings. The van der Waals surface area contributed by atoms with Gasteiger partial charge in [0, 0.05) is 19.1 Å². The molecule has 3 atom stereocenters. The predicted octanol–water partition coefficient (Wildman–Crippen LogP) is 2.30. The fourth-order valence-corrected chi connectivity index (χ4v) is 4.40. The van der Waals surface area contributed by atoms with Crippen molar-refractivity contribution in [3.05, 3.63) is 47.3 Å². The highest BCUT2D eigenvalue weighted by Crippen LogP contribution is 2.38. The van der Waals surface area contributed by atoms with Crippen molar-refractivity contribution in [3.63, 3.8) is 0 Å². The first kappa shape index (κ1) is 15.4. The number of nitrogens with two attached hydrogens (primary N) is 1. The summed E-state index contributed by atoms with van der Waals surface area (Å²) in [7, 11) is 0. The molecule has 0 spiro atoms. The number of aryl methyl sites for hydroxylation is 1. The second kappa shape index (κ2) is 5.74. The van der Waals surface area contributed by atoms with E-state index in [4.69, 9.17) is 5.73 Å². The maximum absolute atomic E-state index is 13.1. The Morgan fingerprint density at radius 3 is 2.62 bits per heavy atom. The summed E-state index contributed by atoms with van der Waals surface area (Å²) in [6, 6.07) is 10.2. The average molecular weight is 324 g/mol. The van der Waals surface area contributed by atoms with E-state index in [1.165, 1.54) is 0 Å². The predicted molar refractivity (Wildman–Crippen MR) is 93.1 cm³/mol. The first-order chi connectivity index (χ1) is 11.6. The molecule has 4 rings (SSSR count). The van der Waals surface area contributed by atoms with Crippen LogP contribution in [0.4, 0.5) is 0 Å². The van der Waals surface area contributed by atoms with E-state index in [0.29, 0.717) is 11.8 Å². The van der Waals surface area contributed by atoms with Gasteiger partial charge in [0.15, 0.2) is 0 Å². The molecule has 1 aromatic carbocycles. The van der Waals surface area contributed by atoms with Gasteiger partial charge in [-0.25, -0.2) is 4.68 Å². The number of amides is 1. The van der Waals surface area contributed by atoms with E-state index in [1.807, 2.05) is 53.8 Å². The third kappa shape index (κ3) is 2.35. The van der Waals surface area contributed by atoms with E-state index in [9.17, 15) is 4.79 Å². The standard InChI is InChI=1S/C19H24N4O/c1-12-18(13(2)23(21-12)15-6-4-3-5-7-15)19(24)22-10-14-8-9-17(20)16(14)11-22/h3-7,14,16-17H,8-11,20H2,1-2H3. The molecule has 1 amide bonds. The number of benzene rings is 1. The molecule has 1 saturated heterocycles. The summed E-state index contributed by atoms with van der Waals surface area (Å²) >= 11 is 0. The van der Waals surface area contributed by atoms with Gasteiger partial charge in [0.2, 0.25) is 0 Å². The molecular weight excluding hydrogens is 300 g/mol. The van der Waals surface area contributed by atoms with Crippen LogP contribution in [-0.4, -0.2) is 39.7 Å². The summed E-state index contributed by atoms with van der Waals surface area (Å²) in [4.78, 5) is 15.1. The van der Waals surface area contributed by atoms with Gasteiger partial charge in [-0.15, -0.1) is 0 Å². The summed E-state index contributed by atoms with van der Waals surface area (Å²) in [5.74, 6) is 1.15. The van der Waals surface area contributed by atoms with E-state index in [1.54, 1.807) is 0 Å². The molecule has 0 radical (unpaired) electrons. The molecule has 24 heavy (non-hydrogen) atoms. The zero-order valence-corrected chi connectivity index (χ0v) is 14.3. The summed E-state index contributed by atoms with van der Waals surface area (Å²) in [6.07, 6.45) is 2.25. The minimum Gasteiger partial charge on any atom is -0.338 e. The van der Waals surface area contributed by atoms with E-state index in [2.05, 4.69) is 5.10 Å². The topological polar surface area (TPSA) is 64.2 Å². The molecule has 5 heteroatoms. The van der Waals surface area contributed by atoms with Crippen molar-refractivity contribution in [2.75, 3.05) is 13.1 Å². The number of nitrogens with zero attached hydrogens (tertiary/aromatic N) is 3. The Labute approximate surface area is 142 Å². The van der Waals surface area contributed by atoms with E-state index >= 15 is 0 Å². The lowest BCUT2D eigenvalue weighted by molar-refractivity contribution is 0.0778. The number of likely N-dealkylation sites (tertiary alicyclic amines) is 1. The maximum Gasteiger partial charge on any atom is 0.257 e. The lowest BCUT2D eigenvalue weighted by atomic mass is 9.98. The van der Waals surface area contributed by atoms with Crippen molar-refractivity contribution in [3.8, 4) is 5.69 Å². The molecule has 126 valence electrons. The van der Waals surface area contributed by atoms with Crippen LogP contribution in [0.3, 0.4) is 0 Å². The van der Waals surface area contributed by atoms with Crippen molar-refractivity contribution < 1.29 is 4.79 Å². The number of hydrogen-bond acceptors (Lipinski definition) is 3. The molecule has 0 bridgehead atoms. The first-order valence-electron chi connectivity index (χ1n) is 8.72. The zero-order valence-electron chi connectivity index (χ0n) is 14.3. The average Bonchev–Trinajstić information content (AvgIpc) is 3.23. The van der Waals surface area contributed by atoms with Gasteiger partial charge in [-0.2, -0.15) is 5.10 Å². The molecule has 2 aromatic rings. The highest BCUT2D eigenvalue weighted by Gasteiger charge is 2.43. The van der Waals surface area contributed by atoms with E-state index in [-0.39, 0.29) is 11.9 Å². The second-order valence-electron chi connectivity index (χ2n) is 7.17. The third-order valence-electron chi connectivity index (χ3n) is 5.71. The number of hydrogen-bond donors (Lipinski definition) is 1. The van der Waals surface area contributed by atoms with Crippen LogP contribution in [0.15, 0.2) is 30.3 Å². The molecule has 2 heterocycles. The van der Waals surface area contributed by atoms with Crippen LogP contribution in [0.1, 0.15) is 34.6 Å². The largest absolute Gasteiger partial charge is 0.338 e. The number of para-hydroxylation sites is 1.